The van der Waals surface area contributed by atoms with Gasteiger partial charge in [-0.1, -0.05) is 49.1 Å². The molecule has 0 N–H and O–H groups in total. The lowest BCUT2D eigenvalue weighted by atomic mass is 10.3. The summed E-state index contributed by atoms with van der Waals surface area (Å²) in [5.74, 6) is 0. The summed E-state index contributed by atoms with van der Waals surface area (Å²) in [6.45, 7) is 13.1. The quantitative estimate of drug-likeness (QED) is 0.414. The molecule has 0 amide bonds. The molecule has 0 spiro atoms. The van der Waals surface area contributed by atoms with E-state index < -0.39 is 0 Å². The Balaban J connectivity index is 0. The molecule has 0 aromatic carbocycles. The summed E-state index contributed by atoms with van der Waals surface area (Å²) in [7, 11) is 0. The molecule has 11 heavy (non-hydrogen) atoms. The molecular weight excluding hydrogens is 132 g/mol. The van der Waals surface area contributed by atoms with E-state index in [-0.39, 0.29) is 0 Å². The Bertz CT molecular complexity index is 143. The SMILES string of the molecule is C/C=C\C.C=C/C=C(\C)C=C. The Labute approximate surface area is 70.6 Å². The fourth-order valence-corrected chi connectivity index (χ4v) is 0.254. The van der Waals surface area contributed by atoms with Crippen molar-refractivity contribution in [1.29, 1.82) is 0 Å². The maximum Gasteiger partial charge on any atom is -0.0398 e. The number of hydrogen-bond acceptors (Lipinski definition) is 0. The van der Waals surface area contributed by atoms with Crippen LogP contribution in [-0.2, 0) is 0 Å². The monoisotopic (exact) mass is 150 g/mol. The molecule has 62 valence electrons. The van der Waals surface area contributed by atoms with Gasteiger partial charge in [0.2, 0.25) is 0 Å². The molecule has 0 bridgehead atoms. The van der Waals surface area contributed by atoms with Gasteiger partial charge in [-0.25, -0.2) is 0 Å². The van der Waals surface area contributed by atoms with Crippen LogP contribution in [0.15, 0.2) is 49.1 Å². The van der Waals surface area contributed by atoms with Gasteiger partial charge in [-0.15, -0.1) is 0 Å². The van der Waals surface area contributed by atoms with Gasteiger partial charge < -0.3 is 0 Å². The molecule has 0 rings (SSSR count). The zero-order chi connectivity index (χ0) is 9.11. The van der Waals surface area contributed by atoms with Crippen LogP contribution in [0.3, 0.4) is 0 Å². The van der Waals surface area contributed by atoms with E-state index in [1.807, 2.05) is 39.0 Å². The predicted molar refractivity (Wildman–Crippen MR) is 54.6 cm³/mol. The summed E-state index contributed by atoms with van der Waals surface area (Å²) in [5.41, 5.74) is 1.15. The zero-order valence-corrected chi connectivity index (χ0v) is 7.80. The van der Waals surface area contributed by atoms with Gasteiger partial charge in [0.25, 0.3) is 0 Å². The first kappa shape index (κ1) is 12.6. The predicted octanol–water partition coefficient (Wildman–Crippen LogP) is 3.89. The fourth-order valence-electron chi connectivity index (χ4n) is 0.254. The molecule has 0 aromatic rings. The largest absolute Gasteiger partial charge is 0.0991 e. The van der Waals surface area contributed by atoms with Gasteiger partial charge in [-0.2, -0.15) is 0 Å². The van der Waals surface area contributed by atoms with E-state index in [2.05, 4.69) is 13.2 Å². The number of hydrogen-bond donors (Lipinski definition) is 0. The molecule has 0 atom stereocenters. The van der Waals surface area contributed by atoms with Crippen LogP contribution in [0.2, 0.25) is 0 Å². The summed E-state index contributed by atoms with van der Waals surface area (Å²) in [5, 5.41) is 0. The van der Waals surface area contributed by atoms with E-state index >= 15 is 0 Å². The minimum atomic E-state index is 1.15. The van der Waals surface area contributed by atoms with Gasteiger partial charge in [-0.05, 0) is 20.8 Å². The molecule has 0 unspecified atom stereocenters. The van der Waals surface area contributed by atoms with Crippen LogP contribution in [-0.4, -0.2) is 0 Å². The lowest BCUT2D eigenvalue weighted by Crippen LogP contribution is -1.58. The van der Waals surface area contributed by atoms with Crippen molar-refractivity contribution in [3.8, 4) is 0 Å². The molecule has 0 saturated carbocycles. The molecule has 0 aliphatic heterocycles. The van der Waals surface area contributed by atoms with E-state index in [9.17, 15) is 0 Å². The lowest BCUT2D eigenvalue weighted by Gasteiger charge is -1.80. The molecule has 0 heterocycles. The highest BCUT2D eigenvalue weighted by Gasteiger charge is 1.68. The fraction of sp³-hybridized carbons (Fsp3) is 0.273. The standard InChI is InChI=1S/C7H10.C4H8/c1-4-6-7(3)5-2;1-3-4-2/h4-6H,1-2H2,3H3;3-4H,1-2H3/b7-6+;4-3-. The van der Waals surface area contributed by atoms with Crippen LogP contribution >= 0.6 is 0 Å². The average Bonchev–Trinajstić information content (AvgIpc) is 2.05. The van der Waals surface area contributed by atoms with Gasteiger partial charge in [0.05, 0.1) is 0 Å². The van der Waals surface area contributed by atoms with Gasteiger partial charge in [0, 0.05) is 0 Å². The van der Waals surface area contributed by atoms with Crippen LogP contribution in [0, 0.1) is 0 Å². The van der Waals surface area contributed by atoms with Crippen molar-refractivity contribution in [1.82, 2.24) is 0 Å². The Morgan fingerprint density at radius 2 is 1.55 bits per heavy atom. The van der Waals surface area contributed by atoms with Crippen molar-refractivity contribution in [3.05, 3.63) is 49.1 Å². The molecular formula is C11H18. The van der Waals surface area contributed by atoms with E-state index in [1.165, 1.54) is 0 Å². The average molecular weight is 150 g/mol. The molecule has 0 aliphatic carbocycles. The van der Waals surface area contributed by atoms with E-state index in [1.54, 1.807) is 12.2 Å². The van der Waals surface area contributed by atoms with E-state index in [4.69, 9.17) is 0 Å². The van der Waals surface area contributed by atoms with Crippen LogP contribution in [0.4, 0.5) is 0 Å². The Morgan fingerprint density at radius 1 is 1.09 bits per heavy atom. The normalized spacial score (nSPS) is 10.3. The smallest absolute Gasteiger partial charge is 0.0398 e. The molecule has 0 heteroatoms. The Kier molecular flexibility index (Phi) is 13.4. The Hall–Kier alpha value is -1.04. The minimum Gasteiger partial charge on any atom is -0.0991 e. The second-order valence-corrected chi connectivity index (χ2v) is 2.02. The van der Waals surface area contributed by atoms with Crippen molar-refractivity contribution in [2.24, 2.45) is 0 Å². The number of allylic oxidation sites excluding steroid dienone is 6. The van der Waals surface area contributed by atoms with Gasteiger partial charge in [-0.3, -0.25) is 0 Å². The highest BCUT2D eigenvalue weighted by atomic mass is 13.8. The zero-order valence-electron chi connectivity index (χ0n) is 7.80. The third-order valence-corrected chi connectivity index (χ3v) is 1.04. The van der Waals surface area contributed by atoms with Crippen LogP contribution in [0.25, 0.3) is 0 Å². The Morgan fingerprint density at radius 3 is 1.64 bits per heavy atom. The van der Waals surface area contributed by atoms with Gasteiger partial charge in [0.1, 0.15) is 0 Å². The second kappa shape index (κ2) is 11.7. The van der Waals surface area contributed by atoms with Crippen molar-refractivity contribution < 1.29 is 0 Å². The van der Waals surface area contributed by atoms with Gasteiger partial charge in [0.15, 0.2) is 0 Å². The van der Waals surface area contributed by atoms with Crippen LogP contribution in [0.5, 0.6) is 0 Å². The highest BCUT2D eigenvalue weighted by Crippen LogP contribution is 1.90. The topological polar surface area (TPSA) is 0 Å². The van der Waals surface area contributed by atoms with Crippen molar-refractivity contribution in [2.75, 3.05) is 0 Å². The molecule has 0 fully saturated rings. The third kappa shape index (κ3) is 17.6. The second-order valence-electron chi connectivity index (χ2n) is 2.02. The highest BCUT2D eigenvalue weighted by molar-refractivity contribution is 5.17. The molecule has 0 aliphatic rings. The van der Waals surface area contributed by atoms with Crippen LogP contribution < -0.4 is 0 Å². The third-order valence-electron chi connectivity index (χ3n) is 1.04. The molecule has 0 aromatic heterocycles. The summed E-state index contributed by atoms with van der Waals surface area (Å²) in [6, 6.07) is 0. The summed E-state index contributed by atoms with van der Waals surface area (Å²) < 4.78 is 0. The molecule has 0 nitrogen and oxygen atoms in total. The lowest BCUT2D eigenvalue weighted by molar-refractivity contribution is 1.54. The van der Waals surface area contributed by atoms with Crippen molar-refractivity contribution >= 4 is 0 Å². The van der Waals surface area contributed by atoms with E-state index in [0.717, 1.165) is 5.57 Å². The minimum absolute atomic E-state index is 1.15. The summed E-state index contributed by atoms with van der Waals surface area (Å²) >= 11 is 0. The maximum atomic E-state index is 3.56. The summed E-state index contributed by atoms with van der Waals surface area (Å²) in [4.78, 5) is 0. The maximum absolute atomic E-state index is 3.56. The number of rotatable bonds is 2. The van der Waals surface area contributed by atoms with Crippen LogP contribution in [0.1, 0.15) is 20.8 Å². The first-order chi connectivity index (χ1) is 5.22. The molecule has 0 radical (unpaired) electrons. The van der Waals surface area contributed by atoms with Crippen molar-refractivity contribution in [3.63, 3.8) is 0 Å². The first-order valence-electron chi connectivity index (χ1n) is 3.72. The van der Waals surface area contributed by atoms with Crippen molar-refractivity contribution in [2.45, 2.75) is 20.8 Å². The molecule has 0 saturated heterocycles. The first-order valence-corrected chi connectivity index (χ1v) is 3.72. The summed E-state index contributed by atoms with van der Waals surface area (Å²) in [6.07, 6.45) is 9.45. The van der Waals surface area contributed by atoms with E-state index in [0.29, 0.717) is 0 Å². The van der Waals surface area contributed by atoms with Gasteiger partial charge >= 0.3 is 0 Å².